The number of unbranched alkanes of at least 4 members (excludes halogenated alkanes) is 21. The highest BCUT2D eigenvalue weighted by atomic mass is 16.5. The van der Waals surface area contributed by atoms with Gasteiger partial charge in [0.25, 0.3) is 6.47 Å². The standard InChI is InChI=1S/C25H48N2O5.C14H30/c1-4-5-6-7-8-9-10-11-12-13-14-17-25(30)32-21-16-19-27(18-15-20-31-23-28)24(29)22-26(2)3;1-3-5-7-9-11-13-14-12-10-8-6-4-2/h23H,4-22H2,1-3H3;3-14H2,1-2H3. The zero-order valence-electron chi connectivity index (χ0n) is 31.4. The Kier molecular flexibility index (Phi) is 40.0. The van der Waals surface area contributed by atoms with Crippen LogP contribution in [0.25, 0.3) is 0 Å². The fourth-order valence-electron chi connectivity index (χ4n) is 5.48. The third-order valence-electron chi connectivity index (χ3n) is 8.34. The van der Waals surface area contributed by atoms with Crippen LogP contribution in [0.5, 0.6) is 0 Å². The summed E-state index contributed by atoms with van der Waals surface area (Å²) in [6, 6.07) is 0. The summed E-state index contributed by atoms with van der Waals surface area (Å²) < 4.78 is 10.0. The van der Waals surface area contributed by atoms with Gasteiger partial charge >= 0.3 is 5.97 Å². The SMILES string of the molecule is CCCCCCCCCCCCCC.CCCCCCCCCCCCCC(=O)OCCCN(CCCOC=O)C(=O)CN(C)C. The van der Waals surface area contributed by atoms with Crippen molar-refractivity contribution in [3.8, 4) is 0 Å². The van der Waals surface area contributed by atoms with Gasteiger partial charge in [0.1, 0.15) is 0 Å². The molecular formula is C39H78N2O5. The van der Waals surface area contributed by atoms with Gasteiger partial charge in [-0.3, -0.25) is 14.4 Å². The highest BCUT2D eigenvalue weighted by Crippen LogP contribution is 2.13. The maximum Gasteiger partial charge on any atom is 0.305 e. The molecular weight excluding hydrogens is 576 g/mol. The summed E-state index contributed by atoms with van der Waals surface area (Å²) in [6.07, 6.45) is 32.9. The highest BCUT2D eigenvalue weighted by molar-refractivity contribution is 5.78. The fourth-order valence-corrected chi connectivity index (χ4v) is 5.48. The van der Waals surface area contributed by atoms with Crippen LogP contribution < -0.4 is 0 Å². The van der Waals surface area contributed by atoms with E-state index in [2.05, 4.69) is 20.8 Å². The van der Waals surface area contributed by atoms with Crippen molar-refractivity contribution in [3.63, 3.8) is 0 Å². The summed E-state index contributed by atoms with van der Waals surface area (Å²) in [4.78, 5) is 38.1. The Hall–Kier alpha value is -1.63. The summed E-state index contributed by atoms with van der Waals surface area (Å²) in [6.45, 7) is 9.23. The number of rotatable bonds is 34. The number of esters is 1. The molecule has 0 saturated heterocycles. The molecule has 0 N–H and O–H groups in total. The molecule has 0 bridgehead atoms. The molecule has 0 aromatic heterocycles. The van der Waals surface area contributed by atoms with Crippen molar-refractivity contribution in [2.45, 2.75) is 188 Å². The van der Waals surface area contributed by atoms with Crippen molar-refractivity contribution in [1.82, 2.24) is 9.80 Å². The average molecular weight is 655 g/mol. The number of hydrogen-bond donors (Lipinski definition) is 0. The number of nitrogens with zero attached hydrogens (tertiary/aromatic N) is 2. The Bertz CT molecular complexity index is 632. The molecule has 274 valence electrons. The third-order valence-corrected chi connectivity index (χ3v) is 8.34. The molecule has 0 fully saturated rings. The molecule has 0 atom stereocenters. The molecule has 1 amide bonds. The lowest BCUT2D eigenvalue weighted by molar-refractivity contribution is -0.144. The predicted molar refractivity (Wildman–Crippen MR) is 195 cm³/mol. The number of likely N-dealkylation sites (N-methyl/N-ethyl adjacent to an activating group) is 1. The molecule has 46 heavy (non-hydrogen) atoms. The van der Waals surface area contributed by atoms with E-state index in [1.54, 1.807) is 4.90 Å². The van der Waals surface area contributed by atoms with Gasteiger partial charge in [-0.2, -0.15) is 0 Å². The quantitative estimate of drug-likeness (QED) is 0.0390. The summed E-state index contributed by atoms with van der Waals surface area (Å²) in [5, 5.41) is 0. The number of ether oxygens (including phenoxy) is 2. The molecule has 0 aromatic rings. The van der Waals surface area contributed by atoms with Crippen molar-refractivity contribution in [3.05, 3.63) is 0 Å². The van der Waals surface area contributed by atoms with Crippen LogP contribution in [0.2, 0.25) is 0 Å². The lowest BCUT2D eigenvalue weighted by Crippen LogP contribution is -2.39. The summed E-state index contributed by atoms with van der Waals surface area (Å²) in [5.74, 6) is -0.125. The molecule has 0 rings (SSSR count). The number of hydrogen-bond acceptors (Lipinski definition) is 6. The van der Waals surface area contributed by atoms with Crippen LogP contribution in [0.4, 0.5) is 0 Å². The van der Waals surface area contributed by atoms with Crippen LogP contribution in [0.3, 0.4) is 0 Å². The zero-order valence-corrected chi connectivity index (χ0v) is 31.4. The molecule has 0 aromatic carbocycles. The third kappa shape index (κ3) is 38.6. The Morgan fingerprint density at radius 3 is 1.26 bits per heavy atom. The van der Waals surface area contributed by atoms with E-state index in [-0.39, 0.29) is 11.9 Å². The lowest BCUT2D eigenvalue weighted by atomic mass is 10.1. The topological polar surface area (TPSA) is 76.1 Å². The van der Waals surface area contributed by atoms with Crippen molar-refractivity contribution in [2.75, 3.05) is 46.9 Å². The van der Waals surface area contributed by atoms with Crippen molar-refractivity contribution in [2.24, 2.45) is 0 Å². The first kappa shape index (κ1) is 46.5. The van der Waals surface area contributed by atoms with E-state index in [0.717, 1.165) is 12.8 Å². The van der Waals surface area contributed by atoms with E-state index in [1.165, 1.54) is 135 Å². The summed E-state index contributed by atoms with van der Waals surface area (Å²) in [7, 11) is 3.70. The van der Waals surface area contributed by atoms with E-state index in [4.69, 9.17) is 9.47 Å². The maximum atomic E-state index is 12.3. The van der Waals surface area contributed by atoms with Crippen LogP contribution in [0.1, 0.15) is 188 Å². The zero-order chi connectivity index (χ0) is 34.4. The molecule has 7 nitrogen and oxygen atoms in total. The molecule has 0 aliphatic heterocycles. The average Bonchev–Trinajstić information content (AvgIpc) is 3.03. The van der Waals surface area contributed by atoms with Crippen LogP contribution in [0.15, 0.2) is 0 Å². The van der Waals surface area contributed by atoms with Gasteiger partial charge in [0, 0.05) is 19.5 Å². The molecule has 7 heteroatoms. The Morgan fingerprint density at radius 1 is 0.522 bits per heavy atom. The van der Waals surface area contributed by atoms with E-state index >= 15 is 0 Å². The smallest absolute Gasteiger partial charge is 0.305 e. The molecule has 0 unspecified atom stereocenters. The van der Waals surface area contributed by atoms with E-state index in [9.17, 15) is 14.4 Å². The summed E-state index contributed by atoms with van der Waals surface area (Å²) >= 11 is 0. The van der Waals surface area contributed by atoms with Gasteiger partial charge < -0.3 is 19.3 Å². The van der Waals surface area contributed by atoms with Crippen molar-refractivity contribution >= 4 is 18.3 Å². The second kappa shape index (κ2) is 39.5. The number of carbonyl (C=O) groups is 3. The Balaban J connectivity index is 0. The minimum Gasteiger partial charge on any atom is -0.468 e. The second-order valence-electron chi connectivity index (χ2n) is 13.3. The summed E-state index contributed by atoms with van der Waals surface area (Å²) in [5.41, 5.74) is 0. The van der Waals surface area contributed by atoms with Crippen molar-refractivity contribution < 1.29 is 23.9 Å². The number of amides is 1. The highest BCUT2D eigenvalue weighted by Gasteiger charge is 2.14. The van der Waals surface area contributed by atoms with Gasteiger partial charge in [0.05, 0.1) is 19.8 Å². The van der Waals surface area contributed by atoms with Crippen molar-refractivity contribution in [1.29, 1.82) is 0 Å². The molecule has 0 aliphatic carbocycles. The Morgan fingerprint density at radius 2 is 0.891 bits per heavy atom. The maximum absolute atomic E-state index is 12.3. The van der Waals surface area contributed by atoms with Gasteiger partial charge in [-0.25, -0.2) is 0 Å². The first-order valence-corrected chi connectivity index (χ1v) is 19.6. The van der Waals surface area contributed by atoms with Crippen LogP contribution >= 0.6 is 0 Å². The van der Waals surface area contributed by atoms with Crippen LogP contribution in [-0.2, 0) is 23.9 Å². The van der Waals surface area contributed by atoms with E-state index in [0.29, 0.717) is 58.6 Å². The fraction of sp³-hybridized carbons (Fsp3) is 0.923. The molecule has 0 heterocycles. The molecule has 0 aliphatic rings. The second-order valence-corrected chi connectivity index (χ2v) is 13.3. The lowest BCUT2D eigenvalue weighted by Gasteiger charge is -2.24. The van der Waals surface area contributed by atoms with Crippen LogP contribution in [0, 0.1) is 0 Å². The first-order valence-electron chi connectivity index (χ1n) is 19.6. The van der Waals surface area contributed by atoms with Crippen LogP contribution in [-0.4, -0.2) is 75.1 Å². The Labute approximate surface area is 286 Å². The van der Waals surface area contributed by atoms with Gasteiger partial charge in [-0.05, 0) is 33.4 Å². The minimum absolute atomic E-state index is 0.0217. The monoisotopic (exact) mass is 655 g/mol. The van der Waals surface area contributed by atoms with Gasteiger partial charge in [-0.15, -0.1) is 0 Å². The van der Waals surface area contributed by atoms with Gasteiger partial charge in [0.2, 0.25) is 5.91 Å². The molecule has 0 radical (unpaired) electrons. The first-order chi connectivity index (χ1) is 22.4. The predicted octanol–water partition coefficient (Wildman–Crippen LogP) is 10.3. The van der Waals surface area contributed by atoms with E-state index < -0.39 is 0 Å². The molecule has 0 saturated carbocycles. The van der Waals surface area contributed by atoms with Gasteiger partial charge in [0.15, 0.2) is 0 Å². The van der Waals surface area contributed by atoms with Gasteiger partial charge in [-0.1, -0.05) is 162 Å². The van der Waals surface area contributed by atoms with E-state index in [1.807, 2.05) is 19.0 Å². The normalized spacial score (nSPS) is 10.8. The largest absolute Gasteiger partial charge is 0.468 e. The molecule has 0 spiro atoms. The number of carbonyl (C=O) groups excluding carboxylic acids is 3. The minimum atomic E-state index is -0.147.